The molecule has 2 nitrogen and oxygen atoms in total. The lowest BCUT2D eigenvalue weighted by molar-refractivity contribution is -0.140. The molecule has 0 aliphatic rings. The van der Waals surface area contributed by atoms with Crippen molar-refractivity contribution in [1.82, 2.24) is 0 Å². The number of carbonyl (C=O) groups is 1. The van der Waals surface area contributed by atoms with Gasteiger partial charge in [0.2, 0.25) is 0 Å². The Morgan fingerprint density at radius 1 is 0.593 bits per heavy atom. The molecule has 0 spiro atoms. The largest absolute Gasteiger partial charge is 0.469 e. The lowest BCUT2D eigenvalue weighted by Gasteiger charge is -2.04. The quantitative estimate of drug-likeness (QED) is 0.135. The van der Waals surface area contributed by atoms with Crippen LogP contribution >= 0.6 is 11.8 Å². The molecule has 0 aliphatic heterocycles. The number of rotatable bonds is 22. The van der Waals surface area contributed by atoms with Gasteiger partial charge >= 0.3 is 5.97 Å². The first-order valence-corrected chi connectivity index (χ1v) is 13.1. The van der Waals surface area contributed by atoms with Gasteiger partial charge in [-0.25, -0.2) is 0 Å². The van der Waals surface area contributed by atoms with Crippen molar-refractivity contribution in [2.45, 2.75) is 129 Å². The van der Waals surface area contributed by atoms with Crippen LogP contribution in [0.15, 0.2) is 0 Å². The monoisotopic (exact) mass is 400 g/mol. The molecular formula is C24H48O2S. The Morgan fingerprint density at radius 2 is 0.963 bits per heavy atom. The van der Waals surface area contributed by atoms with Gasteiger partial charge in [0.1, 0.15) is 0 Å². The van der Waals surface area contributed by atoms with Crippen LogP contribution in [0.4, 0.5) is 0 Å². The molecule has 0 aromatic carbocycles. The zero-order valence-corrected chi connectivity index (χ0v) is 19.4. The molecule has 0 atom stereocenters. The standard InChI is InChI=1S/C24H48O2S/c1-3-4-5-6-7-8-9-10-11-12-13-14-15-16-17-18-19-20-22-27-23-21-24(25)26-2/h3-23H2,1-2H3. The van der Waals surface area contributed by atoms with E-state index in [0.29, 0.717) is 6.42 Å². The van der Waals surface area contributed by atoms with Crippen LogP contribution in [0.5, 0.6) is 0 Å². The van der Waals surface area contributed by atoms with Crippen LogP contribution in [0.3, 0.4) is 0 Å². The van der Waals surface area contributed by atoms with Crippen molar-refractivity contribution in [3.8, 4) is 0 Å². The zero-order valence-electron chi connectivity index (χ0n) is 18.6. The van der Waals surface area contributed by atoms with Crippen molar-refractivity contribution in [1.29, 1.82) is 0 Å². The summed E-state index contributed by atoms with van der Waals surface area (Å²) in [5.74, 6) is 2.02. The van der Waals surface area contributed by atoms with Crippen LogP contribution in [-0.2, 0) is 9.53 Å². The summed E-state index contributed by atoms with van der Waals surface area (Å²) in [4.78, 5) is 11.0. The summed E-state index contributed by atoms with van der Waals surface area (Å²) < 4.78 is 4.64. The molecule has 0 amide bonds. The predicted molar refractivity (Wildman–Crippen MR) is 123 cm³/mol. The minimum atomic E-state index is -0.0831. The van der Waals surface area contributed by atoms with Crippen molar-refractivity contribution in [2.24, 2.45) is 0 Å². The van der Waals surface area contributed by atoms with Gasteiger partial charge in [0.05, 0.1) is 13.5 Å². The molecular weight excluding hydrogens is 352 g/mol. The summed E-state index contributed by atoms with van der Waals surface area (Å²) in [5.41, 5.74) is 0. The molecule has 0 N–H and O–H groups in total. The van der Waals surface area contributed by atoms with Gasteiger partial charge in [-0.2, -0.15) is 11.8 Å². The number of esters is 1. The van der Waals surface area contributed by atoms with E-state index in [0.717, 1.165) is 5.75 Å². The van der Waals surface area contributed by atoms with Gasteiger partial charge < -0.3 is 4.74 Å². The average molecular weight is 401 g/mol. The lowest BCUT2D eigenvalue weighted by atomic mass is 10.0. The minimum Gasteiger partial charge on any atom is -0.469 e. The molecule has 0 saturated carbocycles. The van der Waals surface area contributed by atoms with Crippen LogP contribution in [-0.4, -0.2) is 24.6 Å². The summed E-state index contributed by atoms with van der Waals surface area (Å²) in [5, 5.41) is 0. The van der Waals surface area contributed by atoms with Crippen LogP contribution in [0.2, 0.25) is 0 Å². The van der Waals surface area contributed by atoms with Gasteiger partial charge in [0.25, 0.3) is 0 Å². The second-order valence-corrected chi connectivity index (χ2v) is 9.17. The van der Waals surface area contributed by atoms with Gasteiger partial charge in [-0.15, -0.1) is 0 Å². The highest BCUT2D eigenvalue weighted by atomic mass is 32.2. The Hall–Kier alpha value is -0.180. The Morgan fingerprint density at radius 3 is 1.33 bits per heavy atom. The van der Waals surface area contributed by atoms with Crippen LogP contribution in [0.1, 0.15) is 129 Å². The van der Waals surface area contributed by atoms with E-state index in [4.69, 9.17) is 0 Å². The van der Waals surface area contributed by atoms with Crippen LogP contribution in [0, 0.1) is 0 Å². The molecule has 0 aromatic rings. The molecule has 0 rings (SSSR count). The molecule has 0 aromatic heterocycles. The summed E-state index contributed by atoms with van der Waals surface area (Å²) in [7, 11) is 1.46. The highest BCUT2D eigenvalue weighted by Crippen LogP contribution is 2.15. The number of hydrogen-bond acceptors (Lipinski definition) is 3. The third kappa shape index (κ3) is 23.8. The van der Waals surface area contributed by atoms with Gasteiger partial charge in [-0.1, -0.05) is 116 Å². The molecule has 0 radical (unpaired) electrons. The molecule has 0 heterocycles. The Balaban J connectivity index is 3.00. The fourth-order valence-corrected chi connectivity index (χ4v) is 4.39. The lowest BCUT2D eigenvalue weighted by Crippen LogP contribution is -2.01. The SMILES string of the molecule is CCCCCCCCCCCCCCCCCCCCSCCC(=O)OC. The van der Waals surface area contributed by atoms with E-state index < -0.39 is 0 Å². The Kier molecular flexibility index (Phi) is 23.7. The normalized spacial score (nSPS) is 11.0. The van der Waals surface area contributed by atoms with Crippen molar-refractivity contribution in [3.05, 3.63) is 0 Å². The molecule has 27 heavy (non-hydrogen) atoms. The second-order valence-electron chi connectivity index (χ2n) is 7.95. The molecule has 0 unspecified atom stereocenters. The maximum Gasteiger partial charge on any atom is 0.306 e. The fourth-order valence-electron chi connectivity index (χ4n) is 3.47. The molecule has 0 aliphatic carbocycles. The average Bonchev–Trinajstić information content (AvgIpc) is 2.68. The van der Waals surface area contributed by atoms with Crippen molar-refractivity contribution < 1.29 is 9.53 Å². The van der Waals surface area contributed by atoms with E-state index in [-0.39, 0.29) is 5.97 Å². The number of carbonyl (C=O) groups excluding carboxylic acids is 1. The first-order valence-electron chi connectivity index (χ1n) is 12.0. The molecule has 162 valence electrons. The number of unbranched alkanes of at least 4 members (excludes halogenated alkanes) is 17. The molecule has 3 heteroatoms. The van der Waals surface area contributed by atoms with E-state index in [9.17, 15) is 4.79 Å². The highest BCUT2D eigenvalue weighted by Gasteiger charge is 1.99. The fraction of sp³-hybridized carbons (Fsp3) is 0.958. The molecule has 0 fully saturated rings. The Bertz CT molecular complexity index is 294. The van der Waals surface area contributed by atoms with Crippen molar-refractivity contribution >= 4 is 17.7 Å². The second kappa shape index (κ2) is 23.9. The van der Waals surface area contributed by atoms with Crippen molar-refractivity contribution in [3.63, 3.8) is 0 Å². The number of thioether (sulfide) groups is 1. The number of methoxy groups -OCH3 is 1. The minimum absolute atomic E-state index is 0.0831. The summed E-state index contributed by atoms with van der Waals surface area (Å²) >= 11 is 1.88. The number of ether oxygens (including phenoxy) is 1. The van der Waals surface area contributed by atoms with E-state index in [1.165, 1.54) is 128 Å². The maximum atomic E-state index is 11.0. The van der Waals surface area contributed by atoms with E-state index in [1.54, 1.807) is 0 Å². The molecule has 0 bridgehead atoms. The van der Waals surface area contributed by atoms with Gasteiger partial charge in [-0.3, -0.25) is 4.79 Å². The summed E-state index contributed by atoms with van der Waals surface area (Å²) in [6.07, 6.45) is 26.2. The molecule has 0 saturated heterocycles. The third-order valence-electron chi connectivity index (χ3n) is 5.32. The maximum absolute atomic E-state index is 11.0. The van der Waals surface area contributed by atoms with E-state index in [2.05, 4.69) is 11.7 Å². The van der Waals surface area contributed by atoms with Gasteiger partial charge in [0, 0.05) is 5.75 Å². The first kappa shape index (κ1) is 26.8. The predicted octanol–water partition coefficient (Wildman–Crippen LogP) is 8.32. The van der Waals surface area contributed by atoms with Crippen LogP contribution < -0.4 is 0 Å². The highest BCUT2D eigenvalue weighted by molar-refractivity contribution is 7.99. The third-order valence-corrected chi connectivity index (χ3v) is 6.39. The summed E-state index contributed by atoms with van der Waals surface area (Å²) in [6.45, 7) is 2.29. The van der Waals surface area contributed by atoms with E-state index >= 15 is 0 Å². The van der Waals surface area contributed by atoms with E-state index in [1.807, 2.05) is 11.8 Å². The van der Waals surface area contributed by atoms with Gasteiger partial charge in [-0.05, 0) is 12.2 Å². The topological polar surface area (TPSA) is 26.3 Å². The van der Waals surface area contributed by atoms with Crippen LogP contribution in [0.25, 0.3) is 0 Å². The number of hydrogen-bond donors (Lipinski definition) is 0. The van der Waals surface area contributed by atoms with Crippen molar-refractivity contribution in [2.75, 3.05) is 18.6 Å². The zero-order chi connectivity index (χ0) is 19.8. The Labute approximate surface area is 175 Å². The summed E-state index contributed by atoms with van der Waals surface area (Å²) in [6, 6.07) is 0. The smallest absolute Gasteiger partial charge is 0.306 e. The first-order chi connectivity index (χ1) is 13.3. The van der Waals surface area contributed by atoms with Gasteiger partial charge in [0.15, 0.2) is 0 Å².